The van der Waals surface area contributed by atoms with Crippen LogP contribution in [0.15, 0.2) is 0 Å². The molecular weight excluding hydrogens is 240 g/mol. The Balaban J connectivity index is 0.000000141. The van der Waals surface area contributed by atoms with E-state index in [1.165, 1.54) is 32.1 Å². The maximum Gasteiger partial charge on any atom is 0.104 e. The van der Waals surface area contributed by atoms with Crippen LogP contribution in [-0.2, 0) is 14.2 Å². The van der Waals surface area contributed by atoms with Gasteiger partial charge in [-0.1, -0.05) is 26.7 Å². The molecule has 3 aliphatic rings. The topological polar surface area (TPSA) is 34.3 Å². The fourth-order valence-electron chi connectivity index (χ4n) is 2.71. The third-order valence-corrected chi connectivity index (χ3v) is 4.35. The lowest BCUT2D eigenvalue weighted by molar-refractivity contribution is 0.0523. The SMILES string of the molecule is CCC(C)OCC1CO1.CCCC1CCC2OC2C1. The molecule has 0 radical (unpaired) electrons. The molecular formula is C16H30O3. The standard InChI is InChI=1S/C9H16O.C7H14O2/c1-2-3-7-4-5-8-9(6-7)10-8;1-3-6(2)8-4-7-5-9-7/h7-9H,2-6H2,1H3;6-7H,3-5H2,1-2H3. The lowest BCUT2D eigenvalue weighted by Crippen LogP contribution is -2.12. The molecule has 3 rings (SSSR count). The number of fused-ring (bicyclic) bond motifs is 1. The van der Waals surface area contributed by atoms with E-state index in [9.17, 15) is 0 Å². The maximum atomic E-state index is 5.45. The molecule has 112 valence electrons. The smallest absolute Gasteiger partial charge is 0.104 e. The van der Waals surface area contributed by atoms with Crippen molar-refractivity contribution in [1.29, 1.82) is 0 Å². The molecule has 5 atom stereocenters. The summed E-state index contributed by atoms with van der Waals surface area (Å²) in [6.07, 6.45) is 10.2. The monoisotopic (exact) mass is 270 g/mol. The van der Waals surface area contributed by atoms with Crippen LogP contribution in [0.5, 0.6) is 0 Å². The summed E-state index contributed by atoms with van der Waals surface area (Å²) in [5, 5.41) is 0. The van der Waals surface area contributed by atoms with Crippen LogP contribution in [0.25, 0.3) is 0 Å². The Labute approximate surface area is 118 Å². The van der Waals surface area contributed by atoms with E-state index in [1.807, 2.05) is 0 Å². The van der Waals surface area contributed by atoms with Crippen LogP contribution in [0.4, 0.5) is 0 Å². The third-order valence-electron chi connectivity index (χ3n) is 4.35. The normalized spacial score (nSPS) is 36.8. The predicted octanol–water partition coefficient (Wildman–Crippen LogP) is 3.55. The number of ether oxygens (including phenoxy) is 3. The second-order valence-electron chi connectivity index (χ2n) is 6.19. The van der Waals surface area contributed by atoms with Gasteiger partial charge >= 0.3 is 0 Å². The Bertz CT molecular complexity index is 252. The summed E-state index contributed by atoms with van der Waals surface area (Å²) in [7, 11) is 0. The first-order valence-corrected chi connectivity index (χ1v) is 8.11. The number of rotatable bonds is 6. The van der Waals surface area contributed by atoms with Crippen molar-refractivity contribution < 1.29 is 14.2 Å². The van der Waals surface area contributed by atoms with Crippen LogP contribution in [0.2, 0.25) is 0 Å². The van der Waals surface area contributed by atoms with Crippen molar-refractivity contribution >= 4 is 0 Å². The van der Waals surface area contributed by atoms with Crippen molar-refractivity contribution in [2.24, 2.45) is 5.92 Å². The third kappa shape index (κ3) is 5.80. The van der Waals surface area contributed by atoms with E-state index < -0.39 is 0 Å². The average molecular weight is 270 g/mol. The van der Waals surface area contributed by atoms with Gasteiger partial charge in [-0.25, -0.2) is 0 Å². The number of hydrogen-bond donors (Lipinski definition) is 0. The summed E-state index contributed by atoms with van der Waals surface area (Å²) in [5.74, 6) is 0.994. The summed E-state index contributed by atoms with van der Waals surface area (Å²) in [5.41, 5.74) is 0. The molecule has 0 aromatic carbocycles. The Morgan fingerprint density at radius 1 is 1.21 bits per heavy atom. The zero-order chi connectivity index (χ0) is 13.7. The van der Waals surface area contributed by atoms with Gasteiger partial charge in [0.15, 0.2) is 0 Å². The zero-order valence-electron chi connectivity index (χ0n) is 12.8. The molecule has 0 N–H and O–H groups in total. The van der Waals surface area contributed by atoms with Gasteiger partial charge in [0.1, 0.15) is 6.10 Å². The van der Waals surface area contributed by atoms with Crippen molar-refractivity contribution in [2.75, 3.05) is 13.2 Å². The first kappa shape index (κ1) is 15.3. The summed E-state index contributed by atoms with van der Waals surface area (Å²) >= 11 is 0. The van der Waals surface area contributed by atoms with E-state index in [0.29, 0.717) is 24.4 Å². The molecule has 0 aromatic heterocycles. The molecule has 1 saturated carbocycles. The van der Waals surface area contributed by atoms with Crippen molar-refractivity contribution in [3.8, 4) is 0 Å². The molecule has 2 saturated heterocycles. The predicted molar refractivity (Wildman–Crippen MR) is 76.4 cm³/mol. The summed E-state index contributed by atoms with van der Waals surface area (Å²) in [6.45, 7) is 8.17. The number of epoxide rings is 2. The van der Waals surface area contributed by atoms with Gasteiger partial charge in [0, 0.05) is 0 Å². The maximum absolute atomic E-state index is 5.45. The highest BCUT2D eigenvalue weighted by Crippen LogP contribution is 2.40. The lowest BCUT2D eigenvalue weighted by atomic mass is 9.86. The molecule has 0 spiro atoms. The van der Waals surface area contributed by atoms with E-state index in [4.69, 9.17) is 14.2 Å². The fourth-order valence-corrected chi connectivity index (χ4v) is 2.71. The van der Waals surface area contributed by atoms with Gasteiger partial charge in [0.25, 0.3) is 0 Å². The molecule has 2 aliphatic heterocycles. The first-order valence-electron chi connectivity index (χ1n) is 8.11. The Morgan fingerprint density at radius 2 is 2.00 bits per heavy atom. The average Bonchev–Trinajstić information content (AvgIpc) is 3.30. The highest BCUT2D eigenvalue weighted by atomic mass is 16.6. The largest absolute Gasteiger partial charge is 0.376 e. The second-order valence-corrected chi connectivity index (χ2v) is 6.19. The zero-order valence-corrected chi connectivity index (χ0v) is 12.8. The van der Waals surface area contributed by atoms with Gasteiger partial charge in [-0.3, -0.25) is 0 Å². The van der Waals surface area contributed by atoms with Gasteiger partial charge < -0.3 is 14.2 Å². The van der Waals surface area contributed by atoms with Crippen LogP contribution in [0.3, 0.4) is 0 Å². The second kappa shape index (κ2) is 7.61. The Hall–Kier alpha value is -0.120. The van der Waals surface area contributed by atoms with Gasteiger partial charge in [0.2, 0.25) is 0 Å². The van der Waals surface area contributed by atoms with Gasteiger partial charge in [-0.2, -0.15) is 0 Å². The molecule has 0 amide bonds. The van der Waals surface area contributed by atoms with E-state index in [-0.39, 0.29) is 0 Å². The molecule has 1 aliphatic carbocycles. The fraction of sp³-hybridized carbons (Fsp3) is 1.00. The summed E-state index contributed by atoms with van der Waals surface area (Å²) in [6, 6.07) is 0. The quantitative estimate of drug-likeness (QED) is 0.692. The summed E-state index contributed by atoms with van der Waals surface area (Å²) < 4.78 is 15.8. The highest BCUT2D eigenvalue weighted by molar-refractivity contribution is 4.91. The molecule has 0 bridgehead atoms. The molecule has 2 heterocycles. The molecule has 5 unspecified atom stereocenters. The van der Waals surface area contributed by atoms with Crippen molar-refractivity contribution in [3.05, 3.63) is 0 Å². The van der Waals surface area contributed by atoms with Gasteiger partial charge in [0.05, 0.1) is 31.5 Å². The minimum Gasteiger partial charge on any atom is -0.376 e. The van der Waals surface area contributed by atoms with Gasteiger partial charge in [-0.05, 0) is 38.5 Å². The molecule has 3 nitrogen and oxygen atoms in total. The molecule has 19 heavy (non-hydrogen) atoms. The Kier molecular flexibility index (Phi) is 6.11. The minimum absolute atomic E-state index is 0.397. The van der Waals surface area contributed by atoms with E-state index in [2.05, 4.69) is 20.8 Å². The van der Waals surface area contributed by atoms with Crippen LogP contribution in [-0.4, -0.2) is 37.6 Å². The lowest BCUT2D eigenvalue weighted by Gasteiger charge is -2.17. The minimum atomic E-state index is 0.397. The van der Waals surface area contributed by atoms with Crippen LogP contribution < -0.4 is 0 Å². The Morgan fingerprint density at radius 3 is 2.58 bits per heavy atom. The summed E-state index contributed by atoms with van der Waals surface area (Å²) in [4.78, 5) is 0. The van der Waals surface area contributed by atoms with Crippen LogP contribution in [0.1, 0.15) is 59.3 Å². The van der Waals surface area contributed by atoms with Gasteiger partial charge in [-0.15, -0.1) is 0 Å². The van der Waals surface area contributed by atoms with E-state index in [1.54, 1.807) is 0 Å². The molecule has 3 fully saturated rings. The van der Waals surface area contributed by atoms with Crippen LogP contribution in [0, 0.1) is 5.92 Å². The van der Waals surface area contributed by atoms with E-state index >= 15 is 0 Å². The van der Waals surface area contributed by atoms with Crippen molar-refractivity contribution in [2.45, 2.75) is 83.7 Å². The van der Waals surface area contributed by atoms with Crippen LogP contribution >= 0.6 is 0 Å². The van der Waals surface area contributed by atoms with Crippen molar-refractivity contribution in [3.63, 3.8) is 0 Å². The molecule has 3 heteroatoms. The number of hydrogen-bond acceptors (Lipinski definition) is 3. The first-order chi connectivity index (χ1) is 9.22. The van der Waals surface area contributed by atoms with Crippen molar-refractivity contribution in [1.82, 2.24) is 0 Å². The molecule has 0 aromatic rings. The highest BCUT2D eigenvalue weighted by Gasteiger charge is 2.43. The van der Waals surface area contributed by atoms with E-state index in [0.717, 1.165) is 25.6 Å².